The first-order chi connectivity index (χ1) is 12.1. The van der Waals surface area contributed by atoms with Crippen LogP contribution in [0.4, 0.5) is 5.69 Å². The van der Waals surface area contributed by atoms with Gasteiger partial charge in [0.15, 0.2) is 0 Å². The molecule has 0 saturated heterocycles. The summed E-state index contributed by atoms with van der Waals surface area (Å²) in [6, 6.07) is 14.2. The maximum absolute atomic E-state index is 5.87. The van der Waals surface area contributed by atoms with E-state index in [4.69, 9.17) is 10.7 Å². The lowest BCUT2D eigenvalue weighted by Crippen LogP contribution is -2.20. The molecule has 0 spiro atoms. The summed E-state index contributed by atoms with van der Waals surface area (Å²) in [7, 11) is 4.18. The van der Waals surface area contributed by atoms with Gasteiger partial charge in [0.2, 0.25) is 0 Å². The van der Waals surface area contributed by atoms with E-state index in [1.807, 2.05) is 35.1 Å². The summed E-state index contributed by atoms with van der Waals surface area (Å²) in [6.07, 6.45) is 1.86. The Morgan fingerprint density at radius 3 is 2.76 bits per heavy atom. The van der Waals surface area contributed by atoms with Gasteiger partial charge < -0.3 is 15.2 Å². The van der Waals surface area contributed by atoms with Crippen LogP contribution in [0, 0.1) is 0 Å². The number of aromatic nitrogens is 4. The smallest absolute Gasteiger partial charge is 0.131 e. The van der Waals surface area contributed by atoms with E-state index in [1.54, 1.807) is 0 Å². The van der Waals surface area contributed by atoms with Crippen molar-refractivity contribution in [3.63, 3.8) is 0 Å². The average molecular weight is 334 g/mol. The van der Waals surface area contributed by atoms with Crippen LogP contribution < -0.4 is 5.73 Å². The van der Waals surface area contributed by atoms with Crippen LogP contribution in [0.15, 0.2) is 48.7 Å². The molecule has 0 atom stereocenters. The van der Waals surface area contributed by atoms with Gasteiger partial charge in [-0.05, 0) is 44.4 Å². The fraction of sp³-hybridized carbons (Fsp3) is 0.263. The third-order valence-electron chi connectivity index (χ3n) is 4.46. The largest absolute Gasteiger partial charge is 0.399 e. The van der Waals surface area contributed by atoms with Crippen LogP contribution in [-0.4, -0.2) is 44.9 Å². The van der Waals surface area contributed by atoms with Crippen molar-refractivity contribution in [3.8, 4) is 0 Å². The minimum absolute atomic E-state index is 0.634. The molecule has 128 valence electrons. The van der Waals surface area contributed by atoms with Crippen molar-refractivity contribution >= 4 is 27.6 Å². The second kappa shape index (κ2) is 6.22. The van der Waals surface area contributed by atoms with Gasteiger partial charge in [-0.15, -0.1) is 0 Å². The van der Waals surface area contributed by atoms with Gasteiger partial charge in [0.05, 0.1) is 29.3 Å². The first-order valence-electron chi connectivity index (χ1n) is 8.42. The Hall–Kier alpha value is -2.86. The summed E-state index contributed by atoms with van der Waals surface area (Å²) in [5.74, 6) is 1.02. The van der Waals surface area contributed by atoms with Crippen LogP contribution in [0.25, 0.3) is 21.9 Å². The van der Waals surface area contributed by atoms with Crippen LogP contribution >= 0.6 is 0 Å². The molecule has 0 radical (unpaired) electrons. The molecule has 0 aliphatic rings. The van der Waals surface area contributed by atoms with Gasteiger partial charge in [-0.2, -0.15) is 5.10 Å². The molecule has 0 unspecified atom stereocenters. The molecule has 0 fully saturated rings. The first kappa shape index (κ1) is 15.7. The Kier molecular flexibility index (Phi) is 3.89. The van der Waals surface area contributed by atoms with E-state index in [1.165, 1.54) is 5.52 Å². The number of hydrogen-bond donors (Lipinski definition) is 1. The van der Waals surface area contributed by atoms with Crippen LogP contribution in [0.1, 0.15) is 5.82 Å². The Balaban J connectivity index is 1.75. The highest BCUT2D eigenvalue weighted by molar-refractivity contribution is 5.82. The summed E-state index contributed by atoms with van der Waals surface area (Å²) in [6.45, 7) is 2.49. The molecular formula is C19H22N6. The van der Waals surface area contributed by atoms with E-state index in [0.29, 0.717) is 6.54 Å². The fourth-order valence-electron chi connectivity index (χ4n) is 3.16. The quantitative estimate of drug-likeness (QED) is 0.570. The van der Waals surface area contributed by atoms with Crippen molar-refractivity contribution in [2.75, 3.05) is 26.4 Å². The van der Waals surface area contributed by atoms with E-state index < -0.39 is 0 Å². The van der Waals surface area contributed by atoms with Gasteiger partial charge >= 0.3 is 0 Å². The molecule has 6 heteroatoms. The minimum Gasteiger partial charge on any atom is -0.399 e. The first-order valence-corrected chi connectivity index (χ1v) is 8.42. The number of imidazole rings is 1. The Labute approximate surface area is 146 Å². The molecular weight excluding hydrogens is 312 g/mol. The van der Waals surface area contributed by atoms with Gasteiger partial charge in [-0.3, -0.25) is 4.68 Å². The van der Waals surface area contributed by atoms with E-state index in [9.17, 15) is 0 Å². The van der Waals surface area contributed by atoms with E-state index in [2.05, 4.69) is 46.9 Å². The third kappa shape index (κ3) is 2.96. The molecule has 4 rings (SSSR count). The molecule has 2 aromatic carbocycles. The van der Waals surface area contributed by atoms with E-state index in [0.717, 1.165) is 41.0 Å². The zero-order chi connectivity index (χ0) is 17.4. The second-order valence-corrected chi connectivity index (χ2v) is 6.59. The molecule has 2 heterocycles. The Bertz CT molecular complexity index is 1030. The monoisotopic (exact) mass is 334 g/mol. The minimum atomic E-state index is 0.634. The van der Waals surface area contributed by atoms with Crippen LogP contribution in [0.5, 0.6) is 0 Å². The normalized spacial score (nSPS) is 11.8. The average Bonchev–Trinajstić information content (AvgIpc) is 3.14. The number of nitrogens with zero attached hydrogens (tertiary/aromatic N) is 5. The summed E-state index contributed by atoms with van der Waals surface area (Å²) in [4.78, 5) is 7.03. The highest BCUT2D eigenvalue weighted by Crippen LogP contribution is 2.20. The third-order valence-corrected chi connectivity index (χ3v) is 4.46. The van der Waals surface area contributed by atoms with Crippen molar-refractivity contribution in [2.45, 2.75) is 13.1 Å². The Morgan fingerprint density at radius 1 is 1.08 bits per heavy atom. The number of rotatable bonds is 5. The Morgan fingerprint density at radius 2 is 1.92 bits per heavy atom. The van der Waals surface area contributed by atoms with Crippen LogP contribution in [0.2, 0.25) is 0 Å². The van der Waals surface area contributed by atoms with Crippen molar-refractivity contribution in [1.82, 2.24) is 24.2 Å². The zero-order valence-corrected chi connectivity index (χ0v) is 14.6. The van der Waals surface area contributed by atoms with Gasteiger partial charge in [-0.1, -0.05) is 12.1 Å². The summed E-state index contributed by atoms with van der Waals surface area (Å²) in [5, 5.41) is 5.59. The number of para-hydroxylation sites is 2. The molecule has 0 amide bonds. The number of nitrogen functional groups attached to an aromatic ring is 1. The van der Waals surface area contributed by atoms with Gasteiger partial charge in [0.25, 0.3) is 0 Å². The maximum atomic E-state index is 5.87. The molecule has 6 nitrogen and oxygen atoms in total. The molecule has 2 aromatic heterocycles. The number of benzene rings is 2. The molecule has 0 saturated carbocycles. The van der Waals surface area contributed by atoms with Crippen molar-refractivity contribution in [3.05, 3.63) is 54.5 Å². The SMILES string of the molecule is CN(C)CCn1c(Cn2ncc3cc(N)ccc32)nc2ccccc21. The van der Waals surface area contributed by atoms with Crippen molar-refractivity contribution < 1.29 is 0 Å². The standard InChI is InChI=1S/C19H22N6/c1-23(2)9-10-24-18-6-4-3-5-16(18)22-19(24)13-25-17-8-7-15(20)11-14(17)12-21-25/h3-8,11-12H,9-10,13,20H2,1-2H3. The lowest BCUT2D eigenvalue weighted by Gasteiger charge is -2.13. The fourth-order valence-corrected chi connectivity index (χ4v) is 3.16. The summed E-state index contributed by atoms with van der Waals surface area (Å²) >= 11 is 0. The van der Waals surface area contributed by atoms with E-state index in [-0.39, 0.29) is 0 Å². The number of anilines is 1. The molecule has 2 N–H and O–H groups in total. The molecule has 25 heavy (non-hydrogen) atoms. The second-order valence-electron chi connectivity index (χ2n) is 6.59. The highest BCUT2D eigenvalue weighted by Gasteiger charge is 2.13. The maximum Gasteiger partial charge on any atom is 0.131 e. The predicted molar refractivity (Wildman–Crippen MR) is 102 cm³/mol. The highest BCUT2D eigenvalue weighted by atomic mass is 15.3. The number of nitrogens with two attached hydrogens (primary N) is 1. The molecule has 0 aliphatic carbocycles. The number of likely N-dealkylation sites (N-methyl/N-ethyl adjacent to an activating group) is 1. The van der Waals surface area contributed by atoms with Gasteiger partial charge in [-0.25, -0.2) is 4.98 Å². The lowest BCUT2D eigenvalue weighted by molar-refractivity contribution is 0.382. The van der Waals surface area contributed by atoms with Crippen LogP contribution in [-0.2, 0) is 13.1 Å². The number of hydrogen-bond acceptors (Lipinski definition) is 4. The lowest BCUT2D eigenvalue weighted by atomic mass is 10.2. The van der Waals surface area contributed by atoms with Crippen molar-refractivity contribution in [1.29, 1.82) is 0 Å². The summed E-state index contributed by atoms with van der Waals surface area (Å²) in [5.41, 5.74) is 9.89. The number of fused-ring (bicyclic) bond motifs is 2. The molecule has 4 aromatic rings. The summed E-state index contributed by atoms with van der Waals surface area (Å²) < 4.78 is 4.28. The van der Waals surface area contributed by atoms with E-state index >= 15 is 0 Å². The zero-order valence-electron chi connectivity index (χ0n) is 14.6. The molecule has 0 aliphatic heterocycles. The van der Waals surface area contributed by atoms with Gasteiger partial charge in [0, 0.05) is 24.2 Å². The van der Waals surface area contributed by atoms with Crippen LogP contribution in [0.3, 0.4) is 0 Å². The topological polar surface area (TPSA) is 64.9 Å². The van der Waals surface area contributed by atoms with Gasteiger partial charge in [0.1, 0.15) is 5.82 Å². The van der Waals surface area contributed by atoms with Crippen molar-refractivity contribution in [2.24, 2.45) is 0 Å². The predicted octanol–water partition coefficient (Wildman–Crippen LogP) is 2.58. The molecule has 0 bridgehead atoms.